The van der Waals surface area contributed by atoms with Gasteiger partial charge in [0.15, 0.2) is 0 Å². The molecule has 6 heteroatoms. The number of amides is 1. The highest BCUT2D eigenvalue weighted by Gasteiger charge is 2.19. The van der Waals surface area contributed by atoms with Crippen LogP contribution in [0.2, 0.25) is 0 Å². The van der Waals surface area contributed by atoms with E-state index in [1.807, 2.05) is 6.07 Å². The van der Waals surface area contributed by atoms with E-state index in [1.54, 1.807) is 19.2 Å². The first-order valence-corrected chi connectivity index (χ1v) is 5.69. The van der Waals surface area contributed by atoms with E-state index in [4.69, 9.17) is 20.5 Å². The number of anilines is 1. The minimum atomic E-state index is -0.273. The average molecular weight is 263 g/mol. The van der Waals surface area contributed by atoms with Crippen molar-refractivity contribution in [3.8, 4) is 17.6 Å². The molecule has 102 valence electrons. The summed E-state index contributed by atoms with van der Waals surface area (Å²) in [5.74, 6) is 0.601. The highest BCUT2D eigenvalue weighted by Crippen LogP contribution is 2.31. The normalized spacial score (nSPS) is 9.58. The molecule has 0 fully saturated rings. The summed E-state index contributed by atoms with van der Waals surface area (Å²) in [7, 11) is 4.59. The second-order valence-corrected chi connectivity index (χ2v) is 3.93. The van der Waals surface area contributed by atoms with E-state index in [2.05, 4.69) is 0 Å². The third-order valence-corrected chi connectivity index (χ3v) is 2.71. The van der Waals surface area contributed by atoms with Crippen molar-refractivity contribution in [1.29, 1.82) is 5.26 Å². The molecule has 0 aromatic heterocycles. The van der Waals surface area contributed by atoms with E-state index in [0.29, 0.717) is 23.6 Å². The fraction of sp³-hybridized carbons (Fsp3) is 0.385. The van der Waals surface area contributed by atoms with Crippen molar-refractivity contribution in [2.45, 2.75) is 6.42 Å². The molecule has 6 nitrogen and oxygen atoms in total. The largest absolute Gasteiger partial charge is 0.497 e. The van der Waals surface area contributed by atoms with E-state index in [0.717, 1.165) is 0 Å². The van der Waals surface area contributed by atoms with Crippen LogP contribution < -0.4 is 15.2 Å². The van der Waals surface area contributed by atoms with Gasteiger partial charge in [0.25, 0.3) is 5.91 Å². The highest BCUT2D eigenvalue weighted by atomic mass is 16.5. The van der Waals surface area contributed by atoms with Crippen molar-refractivity contribution < 1.29 is 14.3 Å². The second-order valence-electron chi connectivity index (χ2n) is 3.93. The first-order chi connectivity index (χ1) is 9.04. The lowest BCUT2D eigenvalue weighted by atomic mass is 10.1. The molecular formula is C13H17N3O3. The minimum Gasteiger partial charge on any atom is -0.497 e. The van der Waals surface area contributed by atoms with Crippen molar-refractivity contribution in [3.63, 3.8) is 0 Å². The quantitative estimate of drug-likeness (QED) is 0.808. The molecule has 0 spiro atoms. The van der Waals surface area contributed by atoms with Crippen LogP contribution in [0.15, 0.2) is 12.1 Å². The number of carbonyl (C=O) groups excluding carboxylic acids is 1. The number of methoxy groups -OCH3 is 2. The van der Waals surface area contributed by atoms with Gasteiger partial charge < -0.3 is 20.1 Å². The van der Waals surface area contributed by atoms with Crippen LogP contribution in [0.5, 0.6) is 11.5 Å². The molecule has 0 unspecified atom stereocenters. The fourth-order valence-corrected chi connectivity index (χ4v) is 1.59. The van der Waals surface area contributed by atoms with E-state index in [1.165, 1.54) is 19.1 Å². The summed E-state index contributed by atoms with van der Waals surface area (Å²) in [6.07, 6.45) is 0.267. The molecular weight excluding hydrogens is 246 g/mol. The Labute approximate surface area is 112 Å². The predicted octanol–water partition coefficient (Wildman–Crippen LogP) is 1.27. The molecule has 0 radical (unpaired) electrons. The third-order valence-electron chi connectivity index (χ3n) is 2.71. The van der Waals surface area contributed by atoms with Crippen LogP contribution in [0.4, 0.5) is 5.69 Å². The smallest absolute Gasteiger partial charge is 0.256 e. The Hall–Kier alpha value is -2.42. The van der Waals surface area contributed by atoms with Gasteiger partial charge >= 0.3 is 0 Å². The fourth-order valence-electron chi connectivity index (χ4n) is 1.59. The first-order valence-electron chi connectivity index (χ1n) is 5.69. The Bertz CT molecular complexity index is 509. The van der Waals surface area contributed by atoms with Gasteiger partial charge in [-0.2, -0.15) is 5.26 Å². The lowest BCUT2D eigenvalue weighted by Gasteiger charge is -2.18. The average Bonchev–Trinajstić information content (AvgIpc) is 2.44. The maximum atomic E-state index is 12.2. The zero-order chi connectivity index (χ0) is 14.4. The summed E-state index contributed by atoms with van der Waals surface area (Å²) in [5.41, 5.74) is 6.46. The van der Waals surface area contributed by atoms with Crippen molar-refractivity contribution in [2.24, 2.45) is 0 Å². The molecule has 1 aromatic carbocycles. The molecule has 1 amide bonds. The van der Waals surface area contributed by atoms with Gasteiger partial charge in [-0.3, -0.25) is 4.79 Å². The van der Waals surface area contributed by atoms with Crippen LogP contribution in [0, 0.1) is 11.3 Å². The predicted molar refractivity (Wildman–Crippen MR) is 71.1 cm³/mol. The molecule has 0 heterocycles. The Kier molecular flexibility index (Phi) is 5.01. The van der Waals surface area contributed by atoms with Crippen molar-refractivity contribution in [1.82, 2.24) is 4.90 Å². The molecule has 0 aliphatic rings. The summed E-state index contributed by atoms with van der Waals surface area (Å²) in [5, 5.41) is 8.53. The van der Waals surface area contributed by atoms with Gasteiger partial charge in [0.05, 0.1) is 38.0 Å². The summed E-state index contributed by atoms with van der Waals surface area (Å²) in [4.78, 5) is 13.7. The van der Waals surface area contributed by atoms with Gasteiger partial charge in [-0.05, 0) is 6.07 Å². The van der Waals surface area contributed by atoms with Crippen LogP contribution in [0.1, 0.15) is 16.8 Å². The zero-order valence-corrected chi connectivity index (χ0v) is 11.3. The second kappa shape index (κ2) is 6.50. The van der Waals surface area contributed by atoms with Crippen molar-refractivity contribution in [3.05, 3.63) is 17.7 Å². The topological polar surface area (TPSA) is 88.6 Å². The van der Waals surface area contributed by atoms with E-state index < -0.39 is 0 Å². The minimum absolute atomic E-state index is 0.261. The lowest BCUT2D eigenvalue weighted by Crippen LogP contribution is -2.28. The number of nitrogen functional groups attached to an aromatic ring is 1. The summed E-state index contributed by atoms with van der Waals surface area (Å²) in [6, 6.07) is 5.16. The summed E-state index contributed by atoms with van der Waals surface area (Å²) in [6.45, 7) is 0.342. The number of nitriles is 1. The highest BCUT2D eigenvalue weighted by molar-refractivity contribution is 6.00. The van der Waals surface area contributed by atoms with Crippen molar-refractivity contribution >= 4 is 11.6 Å². The number of nitrogens with two attached hydrogens (primary N) is 1. The number of carbonyl (C=O) groups is 1. The van der Waals surface area contributed by atoms with E-state index in [9.17, 15) is 4.79 Å². The standard InChI is InChI=1S/C13H17N3O3/c1-16(6-4-5-14)13(17)10-7-9(18-2)8-11(19-3)12(10)15/h7-8H,4,6,15H2,1-3H3. The van der Waals surface area contributed by atoms with Crippen LogP contribution in [-0.2, 0) is 0 Å². The molecule has 2 N–H and O–H groups in total. The van der Waals surface area contributed by atoms with Crippen LogP contribution in [0.3, 0.4) is 0 Å². The Morgan fingerprint density at radius 1 is 1.42 bits per heavy atom. The number of hydrogen-bond acceptors (Lipinski definition) is 5. The Morgan fingerprint density at radius 2 is 2.11 bits per heavy atom. The SMILES string of the molecule is COc1cc(OC)c(N)c(C(=O)N(C)CCC#N)c1. The zero-order valence-electron chi connectivity index (χ0n) is 11.3. The Balaban J connectivity index is 3.11. The van der Waals surface area contributed by atoms with E-state index in [-0.39, 0.29) is 18.0 Å². The monoisotopic (exact) mass is 263 g/mol. The Morgan fingerprint density at radius 3 is 2.63 bits per heavy atom. The number of ether oxygens (including phenoxy) is 2. The molecule has 1 aromatic rings. The number of hydrogen-bond donors (Lipinski definition) is 1. The first kappa shape index (κ1) is 14.6. The number of benzene rings is 1. The molecule has 0 saturated carbocycles. The van der Waals surface area contributed by atoms with Crippen LogP contribution >= 0.6 is 0 Å². The summed E-state index contributed by atoms with van der Waals surface area (Å²) >= 11 is 0. The van der Waals surface area contributed by atoms with E-state index >= 15 is 0 Å². The lowest BCUT2D eigenvalue weighted by molar-refractivity contribution is 0.0798. The van der Waals surface area contributed by atoms with Gasteiger partial charge in [-0.1, -0.05) is 0 Å². The molecule has 19 heavy (non-hydrogen) atoms. The van der Waals surface area contributed by atoms with Crippen LogP contribution in [-0.4, -0.2) is 38.6 Å². The maximum absolute atomic E-state index is 12.2. The van der Waals surface area contributed by atoms with Crippen LogP contribution in [0.25, 0.3) is 0 Å². The van der Waals surface area contributed by atoms with Gasteiger partial charge in [-0.25, -0.2) is 0 Å². The molecule has 0 aliphatic heterocycles. The van der Waals surface area contributed by atoms with Gasteiger partial charge in [0.2, 0.25) is 0 Å². The number of rotatable bonds is 5. The maximum Gasteiger partial charge on any atom is 0.256 e. The summed E-state index contributed by atoms with van der Waals surface area (Å²) < 4.78 is 10.2. The molecule has 1 rings (SSSR count). The third kappa shape index (κ3) is 3.28. The molecule has 0 bridgehead atoms. The molecule has 0 saturated heterocycles. The molecule has 0 aliphatic carbocycles. The molecule has 0 atom stereocenters. The van der Waals surface area contributed by atoms with Crippen molar-refractivity contribution in [2.75, 3.05) is 33.5 Å². The van der Waals surface area contributed by atoms with Gasteiger partial charge in [-0.15, -0.1) is 0 Å². The van der Waals surface area contributed by atoms with Gasteiger partial charge in [0, 0.05) is 19.7 Å². The van der Waals surface area contributed by atoms with Gasteiger partial charge in [0.1, 0.15) is 11.5 Å². The number of nitrogens with zero attached hydrogens (tertiary/aromatic N) is 2.